The minimum Gasteiger partial charge on any atom is -0.481 e. The normalized spacial score (nSPS) is 12.3. The van der Waals surface area contributed by atoms with Gasteiger partial charge in [0.1, 0.15) is 17.5 Å². The van der Waals surface area contributed by atoms with Gasteiger partial charge in [-0.25, -0.2) is 14.2 Å². The molecule has 0 spiro atoms. The number of methoxy groups -OCH3 is 2. The fourth-order valence-electron chi connectivity index (χ4n) is 2.91. The third kappa shape index (κ3) is 11.6. The van der Waals surface area contributed by atoms with Crippen LogP contribution < -0.4 is 4.74 Å². The number of amidine groups is 1. The SMILES string of the molecule is CN=C(SC(C)Cc1cc(/C=C(\F)c2ccc(C#N)cn2)cnc1OC)N(SF)C(=O)OC(C)(C)C.COC=O. The van der Waals surface area contributed by atoms with Crippen LogP contribution in [0, 0.1) is 11.3 Å². The van der Waals surface area contributed by atoms with E-state index in [1.165, 1.54) is 63.6 Å². The molecular formula is C26H31F2N5O5S2. The number of nitrogens with zero attached hydrogens (tertiary/aromatic N) is 5. The maximum atomic E-state index is 14.7. The highest BCUT2D eigenvalue weighted by molar-refractivity contribution is 8.15. The summed E-state index contributed by atoms with van der Waals surface area (Å²) in [6.07, 6.45) is 3.57. The van der Waals surface area contributed by atoms with E-state index >= 15 is 0 Å². The van der Waals surface area contributed by atoms with Gasteiger partial charge in [-0.3, -0.25) is 14.8 Å². The number of amides is 1. The topological polar surface area (TPSA) is 127 Å². The van der Waals surface area contributed by atoms with Crippen LogP contribution in [0.15, 0.2) is 35.6 Å². The number of aromatic nitrogens is 2. The Labute approximate surface area is 241 Å². The zero-order valence-corrected chi connectivity index (χ0v) is 24.8. The molecule has 2 rings (SSSR count). The molecule has 1 atom stereocenters. The Morgan fingerprint density at radius 3 is 2.42 bits per heavy atom. The summed E-state index contributed by atoms with van der Waals surface area (Å²) in [7, 11) is 4.24. The van der Waals surface area contributed by atoms with Crippen molar-refractivity contribution >= 4 is 53.7 Å². The summed E-state index contributed by atoms with van der Waals surface area (Å²) in [5.41, 5.74) is 0.781. The molecule has 0 aliphatic carbocycles. The van der Waals surface area contributed by atoms with Crippen molar-refractivity contribution in [2.45, 2.75) is 45.0 Å². The van der Waals surface area contributed by atoms with Crippen molar-refractivity contribution in [3.8, 4) is 11.9 Å². The van der Waals surface area contributed by atoms with E-state index in [2.05, 4.69) is 19.7 Å². The molecule has 10 nitrogen and oxygen atoms in total. The highest BCUT2D eigenvalue weighted by Crippen LogP contribution is 2.29. The quantitative estimate of drug-likeness (QED) is 0.154. The van der Waals surface area contributed by atoms with Crippen molar-refractivity contribution in [1.82, 2.24) is 14.3 Å². The molecule has 0 N–H and O–H groups in total. The first-order valence-corrected chi connectivity index (χ1v) is 13.2. The van der Waals surface area contributed by atoms with Crippen molar-refractivity contribution in [3.63, 3.8) is 0 Å². The number of carbonyl (C=O) groups excluding carboxylic acids is 2. The molecule has 1 unspecified atom stereocenters. The molecule has 2 aromatic rings. The van der Waals surface area contributed by atoms with Crippen LogP contribution in [-0.4, -0.2) is 64.1 Å². The Bertz CT molecular complexity index is 1230. The predicted octanol–water partition coefficient (Wildman–Crippen LogP) is 6.03. The van der Waals surface area contributed by atoms with E-state index in [0.717, 1.165) is 4.31 Å². The second-order valence-electron chi connectivity index (χ2n) is 8.79. The summed E-state index contributed by atoms with van der Waals surface area (Å²) in [5.74, 6) is -0.233. The summed E-state index contributed by atoms with van der Waals surface area (Å²) >= 11 is 0.885. The van der Waals surface area contributed by atoms with Crippen LogP contribution in [0.5, 0.6) is 5.88 Å². The van der Waals surface area contributed by atoms with E-state index in [4.69, 9.17) is 19.5 Å². The molecule has 2 heterocycles. The number of thioether (sulfide) groups is 1. The second kappa shape index (κ2) is 17.1. The van der Waals surface area contributed by atoms with Crippen LogP contribution >= 0.6 is 24.1 Å². The summed E-state index contributed by atoms with van der Waals surface area (Å²) < 4.78 is 43.6. The molecule has 0 bridgehead atoms. The zero-order valence-electron chi connectivity index (χ0n) is 23.2. The third-order valence-electron chi connectivity index (χ3n) is 4.47. The Morgan fingerprint density at radius 1 is 1.27 bits per heavy atom. The number of pyridine rings is 2. The number of halogens is 2. The summed E-state index contributed by atoms with van der Waals surface area (Å²) in [5, 5.41) is 8.80. The first kappa shape index (κ1) is 34.3. The van der Waals surface area contributed by atoms with Gasteiger partial charge in [-0.15, -0.1) is 3.89 Å². The molecule has 14 heteroatoms. The lowest BCUT2D eigenvalue weighted by Crippen LogP contribution is -2.35. The number of aliphatic imine (C=N–C) groups is 1. The van der Waals surface area contributed by atoms with Gasteiger partial charge in [0.05, 0.1) is 25.5 Å². The second-order valence-corrected chi connectivity index (χ2v) is 10.7. The van der Waals surface area contributed by atoms with Gasteiger partial charge in [-0.2, -0.15) is 9.57 Å². The highest BCUT2D eigenvalue weighted by atomic mass is 32.2. The lowest BCUT2D eigenvalue weighted by molar-refractivity contribution is -0.126. The molecule has 216 valence electrons. The molecule has 0 aromatic carbocycles. The van der Waals surface area contributed by atoms with Gasteiger partial charge in [-0.1, -0.05) is 18.7 Å². The molecule has 0 saturated heterocycles. The van der Waals surface area contributed by atoms with Crippen molar-refractivity contribution in [1.29, 1.82) is 5.26 Å². The summed E-state index contributed by atoms with van der Waals surface area (Å²) in [6.45, 7) is 7.30. The number of nitriles is 1. The highest BCUT2D eigenvalue weighted by Gasteiger charge is 2.29. The lowest BCUT2D eigenvalue weighted by Gasteiger charge is -2.25. The first-order chi connectivity index (χ1) is 18.9. The standard InChI is InChI=1S/C24H27F2N5O3S2.C2H4O2/c1-15(35-22(28-5)31(36-26)23(32)34-24(2,3)4)9-18-10-17(14-30-21(18)33-6)11-19(25)20-8-7-16(12-27)13-29-20;1-4-2-3/h7-8,10-11,13-15H,9H2,1-6H3;2H,1H3/b19-11-,28-22?;. The molecule has 0 aliphatic heterocycles. The van der Waals surface area contributed by atoms with Crippen molar-refractivity contribution in [2.75, 3.05) is 21.3 Å². The molecule has 0 fully saturated rings. The van der Waals surface area contributed by atoms with Gasteiger partial charge in [0.2, 0.25) is 5.88 Å². The van der Waals surface area contributed by atoms with E-state index in [0.29, 0.717) is 35.5 Å². The Kier molecular flexibility index (Phi) is 14.7. The van der Waals surface area contributed by atoms with Crippen LogP contribution in [0.1, 0.15) is 50.1 Å². The maximum Gasteiger partial charge on any atom is 0.428 e. The van der Waals surface area contributed by atoms with Gasteiger partial charge in [0, 0.05) is 30.3 Å². The lowest BCUT2D eigenvalue weighted by atomic mass is 10.1. The van der Waals surface area contributed by atoms with Gasteiger partial charge < -0.3 is 14.2 Å². The molecule has 1 amide bonds. The average molecular weight is 596 g/mol. The smallest absolute Gasteiger partial charge is 0.428 e. The minimum absolute atomic E-state index is 0.0880. The van der Waals surface area contributed by atoms with Crippen LogP contribution in [-0.2, 0) is 20.7 Å². The largest absolute Gasteiger partial charge is 0.481 e. The molecule has 40 heavy (non-hydrogen) atoms. The average Bonchev–Trinajstić information content (AvgIpc) is 2.92. The number of hydrogen-bond donors (Lipinski definition) is 0. The van der Waals surface area contributed by atoms with Crippen LogP contribution in [0.2, 0.25) is 0 Å². The molecule has 0 radical (unpaired) electrons. The van der Waals surface area contributed by atoms with Gasteiger partial charge in [0.15, 0.2) is 17.5 Å². The van der Waals surface area contributed by atoms with Gasteiger partial charge in [0.25, 0.3) is 6.47 Å². The zero-order chi connectivity index (χ0) is 30.3. The van der Waals surface area contributed by atoms with E-state index in [1.807, 2.05) is 13.0 Å². The minimum atomic E-state index is -0.867. The van der Waals surface area contributed by atoms with Crippen molar-refractivity contribution < 1.29 is 32.1 Å². The number of carbonyl (C=O) groups is 2. The van der Waals surface area contributed by atoms with Crippen LogP contribution in [0.4, 0.5) is 13.1 Å². The van der Waals surface area contributed by atoms with Gasteiger partial charge >= 0.3 is 6.09 Å². The molecular weight excluding hydrogens is 564 g/mol. The van der Waals surface area contributed by atoms with Crippen LogP contribution in [0.3, 0.4) is 0 Å². The molecule has 0 aliphatic rings. The fraction of sp³-hybridized carbons (Fsp3) is 0.385. The Hall–Kier alpha value is -3.70. The van der Waals surface area contributed by atoms with E-state index in [9.17, 15) is 13.1 Å². The van der Waals surface area contributed by atoms with E-state index in [-0.39, 0.29) is 28.4 Å². The number of ether oxygens (including phenoxy) is 3. The van der Waals surface area contributed by atoms with Crippen LogP contribution in [0.25, 0.3) is 11.9 Å². The number of rotatable bonds is 8. The first-order valence-electron chi connectivity index (χ1n) is 11.6. The summed E-state index contributed by atoms with van der Waals surface area (Å²) in [6, 6.07) is 6.57. The van der Waals surface area contributed by atoms with E-state index < -0.39 is 17.5 Å². The Balaban J connectivity index is 0.00000187. The maximum absolute atomic E-state index is 14.7. The molecule has 2 aromatic heterocycles. The van der Waals surface area contributed by atoms with Crippen molar-refractivity contribution in [3.05, 3.63) is 53.0 Å². The summed E-state index contributed by atoms with van der Waals surface area (Å²) in [4.78, 5) is 33.6. The monoisotopic (exact) mass is 595 g/mol. The molecule has 0 saturated carbocycles. The number of hydrogen-bond acceptors (Lipinski definition) is 11. The van der Waals surface area contributed by atoms with E-state index in [1.54, 1.807) is 26.8 Å². The predicted molar refractivity (Wildman–Crippen MR) is 153 cm³/mol. The van der Waals surface area contributed by atoms with Gasteiger partial charge in [-0.05, 0) is 57.0 Å². The third-order valence-corrected chi connectivity index (χ3v) is 6.19. The Morgan fingerprint density at radius 2 is 1.95 bits per heavy atom. The van der Waals surface area contributed by atoms with Crippen molar-refractivity contribution in [2.24, 2.45) is 4.99 Å². The fourth-order valence-corrected chi connectivity index (χ4v) is 4.26.